The van der Waals surface area contributed by atoms with Gasteiger partial charge in [0.2, 0.25) is 5.89 Å². The Morgan fingerprint density at radius 2 is 1.79 bits per heavy atom. The van der Waals surface area contributed by atoms with Gasteiger partial charge in [0.05, 0.1) is 11.4 Å². The molecule has 1 unspecified atom stereocenters. The number of hydrogen-bond acceptors (Lipinski definition) is 6. The SMILES string of the molecule is CC(c1ccc(S(C)(=O)=O)cc1)N(C)Cc1noc(C(C)(C)C)n1. The van der Waals surface area contributed by atoms with Crippen molar-refractivity contribution < 1.29 is 12.9 Å². The van der Waals surface area contributed by atoms with Gasteiger partial charge in [-0.1, -0.05) is 38.1 Å². The van der Waals surface area contributed by atoms with Crippen molar-refractivity contribution in [3.05, 3.63) is 41.5 Å². The molecule has 0 N–H and O–H groups in total. The summed E-state index contributed by atoms with van der Waals surface area (Å²) in [5.74, 6) is 1.26. The molecule has 7 heteroatoms. The first-order valence-corrected chi connectivity index (χ1v) is 9.71. The van der Waals surface area contributed by atoms with E-state index in [0.717, 1.165) is 5.56 Å². The van der Waals surface area contributed by atoms with E-state index < -0.39 is 9.84 Å². The molecule has 24 heavy (non-hydrogen) atoms. The van der Waals surface area contributed by atoms with Crippen LogP contribution in [-0.4, -0.2) is 36.8 Å². The standard InChI is InChI=1S/C17H25N3O3S/c1-12(13-7-9-14(10-8-13)24(6,21)22)20(5)11-15-18-16(23-19-15)17(2,3)4/h7-10,12H,11H2,1-6H3. The highest BCUT2D eigenvalue weighted by atomic mass is 32.2. The van der Waals surface area contributed by atoms with Crippen LogP contribution in [0, 0.1) is 0 Å². The van der Waals surface area contributed by atoms with Crippen LogP contribution in [0.4, 0.5) is 0 Å². The zero-order valence-electron chi connectivity index (χ0n) is 15.1. The molecule has 1 heterocycles. The summed E-state index contributed by atoms with van der Waals surface area (Å²) in [5.41, 5.74) is 0.862. The van der Waals surface area contributed by atoms with Gasteiger partial charge >= 0.3 is 0 Å². The van der Waals surface area contributed by atoms with Crippen LogP contribution in [0.1, 0.15) is 51.0 Å². The van der Waals surface area contributed by atoms with Crippen molar-refractivity contribution in [1.29, 1.82) is 0 Å². The van der Waals surface area contributed by atoms with Crippen LogP contribution in [-0.2, 0) is 21.8 Å². The first-order valence-electron chi connectivity index (χ1n) is 7.82. The molecular weight excluding hydrogens is 326 g/mol. The summed E-state index contributed by atoms with van der Waals surface area (Å²) < 4.78 is 28.4. The molecule has 0 bridgehead atoms. The van der Waals surface area contributed by atoms with E-state index in [9.17, 15) is 8.42 Å². The third-order valence-corrected chi connectivity index (χ3v) is 5.08. The highest BCUT2D eigenvalue weighted by Gasteiger charge is 2.23. The maximum atomic E-state index is 11.5. The number of nitrogens with zero attached hydrogens (tertiary/aromatic N) is 3. The molecule has 0 saturated heterocycles. The maximum absolute atomic E-state index is 11.5. The molecule has 0 saturated carbocycles. The molecule has 1 atom stereocenters. The fraction of sp³-hybridized carbons (Fsp3) is 0.529. The zero-order chi connectivity index (χ0) is 18.1. The minimum absolute atomic E-state index is 0.0928. The Labute approximate surface area is 143 Å². The van der Waals surface area contributed by atoms with Crippen LogP contribution >= 0.6 is 0 Å². The van der Waals surface area contributed by atoms with Gasteiger partial charge in [-0.05, 0) is 31.7 Å². The molecule has 1 aromatic heterocycles. The van der Waals surface area contributed by atoms with Gasteiger partial charge in [0.1, 0.15) is 0 Å². The predicted molar refractivity (Wildman–Crippen MR) is 92.4 cm³/mol. The fourth-order valence-corrected chi connectivity index (χ4v) is 2.86. The van der Waals surface area contributed by atoms with Gasteiger partial charge in [-0.25, -0.2) is 8.42 Å². The maximum Gasteiger partial charge on any atom is 0.232 e. The zero-order valence-corrected chi connectivity index (χ0v) is 15.9. The van der Waals surface area contributed by atoms with Crippen molar-refractivity contribution in [1.82, 2.24) is 15.0 Å². The normalized spacial score (nSPS) is 14.1. The van der Waals surface area contributed by atoms with Gasteiger partial charge in [0, 0.05) is 17.7 Å². The van der Waals surface area contributed by atoms with E-state index in [1.807, 2.05) is 40.0 Å². The molecule has 6 nitrogen and oxygen atoms in total. The Balaban J connectivity index is 2.09. The lowest BCUT2D eigenvalue weighted by molar-refractivity contribution is 0.241. The van der Waals surface area contributed by atoms with E-state index >= 15 is 0 Å². The summed E-state index contributed by atoms with van der Waals surface area (Å²) in [4.78, 5) is 6.86. The summed E-state index contributed by atoms with van der Waals surface area (Å²) in [6.45, 7) is 8.69. The highest BCUT2D eigenvalue weighted by molar-refractivity contribution is 7.90. The van der Waals surface area contributed by atoms with Crippen molar-refractivity contribution in [3.63, 3.8) is 0 Å². The topological polar surface area (TPSA) is 76.3 Å². The molecular formula is C17H25N3O3S. The van der Waals surface area contributed by atoms with Crippen LogP contribution in [0.3, 0.4) is 0 Å². The first kappa shape index (κ1) is 18.6. The van der Waals surface area contributed by atoms with Gasteiger partial charge in [0.25, 0.3) is 0 Å². The van der Waals surface area contributed by atoms with Gasteiger partial charge in [-0.2, -0.15) is 4.98 Å². The number of benzene rings is 1. The van der Waals surface area contributed by atoms with Gasteiger partial charge in [-0.3, -0.25) is 4.90 Å². The van der Waals surface area contributed by atoms with Crippen molar-refractivity contribution in [3.8, 4) is 0 Å². The number of aromatic nitrogens is 2. The van der Waals surface area contributed by atoms with Crippen molar-refractivity contribution in [2.45, 2.75) is 50.6 Å². The number of hydrogen-bond donors (Lipinski definition) is 0. The lowest BCUT2D eigenvalue weighted by Gasteiger charge is -2.23. The van der Waals surface area contributed by atoms with Crippen molar-refractivity contribution >= 4 is 9.84 Å². The third-order valence-electron chi connectivity index (χ3n) is 3.95. The van der Waals surface area contributed by atoms with Crippen molar-refractivity contribution in [2.24, 2.45) is 0 Å². The van der Waals surface area contributed by atoms with Gasteiger partial charge in [-0.15, -0.1) is 0 Å². The average molecular weight is 351 g/mol. The van der Waals surface area contributed by atoms with E-state index in [1.165, 1.54) is 6.26 Å². The molecule has 0 radical (unpaired) electrons. The molecule has 0 fully saturated rings. The van der Waals surface area contributed by atoms with Gasteiger partial charge in [0.15, 0.2) is 15.7 Å². The average Bonchev–Trinajstić information content (AvgIpc) is 2.94. The quantitative estimate of drug-likeness (QED) is 0.824. The molecule has 0 aliphatic rings. The molecule has 132 valence electrons. The van der Waals surface area contributed by atoms with E-state index in [4.69, 9.17) is 4.52 Å². The second-order valence-electron chi connectivity index (χ2n) is 7.20. The van der Waals surface area contributed by atoms with Gasteiger partial charge < -0.3 is 4.52 Å². The van der Waals surface area contributed by atoms with Crippen LogP contribution in [0.15, 0.2) is 33.7 Å². The molecule has 2 aromatic rings. The highest BCUT2D eigenvalue weighted by Crippen LogP contribution is 2.23. The molecule has 0 spiro atoms. The minimum Gasteiger partial charge on any atom is -0.339 e. The van der Waals surface area contributed by atoms with E-state index in [0.29, 0.717) is 23.2 Å². The minimum atomic E-state index is -3.17. The summed E-state index contributed by atoms with van der Waals surface area (Å²) in [7, 11) is -1.20. The smallest absolute Gasteiger partial charge is 0.232 e. The Bertz CT molecular complexity index is 789. The monoisotopic (exact) mass is 351 g/mol. The Morgan fingerprint density at radius 1 is 1.21 bits per heavy atom. The lowest BCUT2D eigenvalue weighted by atomic mass is 9.97. The number of sulfone groups is 1. The van der Waals surface area contributed by atoms with Crippen LogP contribution in [0.2, 0.25) is 0 Å². The largest absolute Gasteiger partial charge is 0.339 e. The van der Waals surface area contributed by atoms with Crippen molar-refractivity contribution in [2.75, 3.05) is 13.3 Å². The summed E-state index contributed by atoms with van der Waals surface area (Å²) in [6, 6.07) is 7.06. The molecule has 0 aliphatic heterocycles. The van der Waals surface area contributed by atoms with Crippen LogP contribution < -0.4 is 0 Å². The van der Waals surface area contributed by atoms with E-state index in [2.05, 4.69) is 22.0 Å². The Kier molecular flexibility index (Phi) is 5.15. The lowest BCUT2D eigenvalue weighted by Crippen LogP contribution is -2.22. The first-order chi connectivity index (χ1) is 11.0. The molecule has 2 rings (SSSR count). The second-order valence-corrected chi connectivity index (χ2v) is 9.21. The number of rotatable bonds is 5. The fourth-order valence-electron chi connectivity index (χ4n) is 2.23. The third kappa shape index (κ3) is 4.42. The summed E-state index contributed by atoms with van der Waals surface area (Å²) >= 11 is 0. The molecule has 1 aromatic carbocycles. The Morgan fingerprint density at radius 3 is 2.25 bits per heavy atom. The second kappa shape index (κ2) is 6.64. The predicted octanol–water partition coefficient (Wildman–Crippen LogP) is 2.96. The van der Waals surface area contributed by atoms with E-state index in [1.54, 1.807) is 12.1 Å². The molecule has 0 aliphatic carbocycles. The van der Waals surface area contributed by atoms with Crippen LogP contribution in [0.5, 0.6) is 0 Å². The van der Waals surface area contributed by atoms with E-state index in [-0.39, 0.29) is 11.5 Å². The summed E-state index contributed by atoms with van der Waals surface area (Å²) in [6.07, 6.45) is 1.21. The summed E-state index contributed by atoms with van der Waals surface area (Å²) in [5, 5.41) is 4.04. The molecule has 0 amide bonds. The van der Waals surface area contributed by atoms with Crippen LogP contribution in [0.25, 0.3) is 0 Å². The Hall–Kier alpha value is -1.73.